The van der Waals surface area contributed by atoms with Crippen LogP contribution in [-0.4, -0.2) is 23.5 Å². The molecule has 0 saturated heterocycles. The summed E-state index contributed by atoms with van der Waals surface area (Å²) in [6, 6.07) is 0. The second-order valence-electron chi connectivity index (χ2n) is 5.66. The van der Waals surface area contributed by atoms with Crippen LogP contribution < -0.4 is 5.32 Å². The van der Waals surface area contributed by atoms with Crippen molar-refractivity contribution in [3.63, 3.8) is 0 Å². The highest BCUT2D eigenvalue weighted by atomic mass is 16.4. The van der Waals surface area contributed by atoms with Crippen molar-refractivity contribution >= 4 is 11.9 Å². The zero-order valence-electron chi connectivity index (χ0n) is 11.4. The minimum Gasteiger partial charge on any atom is -0.481 e. The minimum atomic E-state index is -0.826. The molecule has 1 aliphatic rings. The summed E-state index contributed by atoms with van der Waals surface area (Å²) in [5.74, 6) is -0.975. The van der Waals surface area contributed by atoms with Gasteiger partial charge in [0, 0.05) is 6.54 Å². The van der Waals surface area contributed by atoms with Gasteiger partial charge in [0.15, 0.2) is 0 Å². The van der Waals surface area contributed by atoms with E-state index in [2.05, 4.69) is 19.2 Å². The molecule has 0 heterocycles. The Balaban J connectivity index is 2.22. The number of unbranched alkanes of at least 4 members (excludes halogenated alkanes) is 1. The first-order valence-corrected chi connectivity index (χ1v) is 7.03. The smallest absolute Gasteiger partial charge is 0.307 e. The van der Waals surface area contributed by atoms with E-state index in [1.807, 2.05) is 0 Å². The predicted molar refractivity (Wildman–Crippen MR) is 70.2 cm³/mol. The van der Waals surface area contributed by atoms with Gasteiger partial charge in [0.2, 0.25) is 5.91 Å². The average Bonchev–Trinajstić information content (AvgIpc) is 2.76. The van der Waals surface area contributed by atoms with Gasteiger partial charge >= 0.3 is 5.97 Å². The van der Waals surface area contributed by atoms with Crippen LogP contribution in [0.25, 0.3) is 0 Å². The molecule has 0 unspecified atom stereocenters. The molecule has 1 rings (SSSR count). The lowest BCUT2D eigenvalue weighted by atomic mass is 9.95. The van der Waals surface area contributed by atoms with Crippen LogP contribution in [0.4, 0.5) is 0 Å². The number of nitrogens with one attached hydrogen (secondary N) is 1. The first kappa shape index (κ1) is 15.0. The Morgan fingerprint density at radius 2 is 1.89 bits per heavy atom. The molecular weight excluding hydrogens is 230 g/mol. The standard InChI is InChI=1S/C14H25NO3/c1-10(2)6-3-4-9-15-13(16)11-7-5-8-12(11)14(17)18/h10-12H,3-9H2,1-2H3,(H,15,16)(H,17,18)/t11-,12+/m1/s1. The summed E-state index contributed by atoms with van der Waals surface area (Å²) in [6.45, 7) is 5.05. The number of hydrogen-bond donors (Lipinski definition) is 2. The first-order chi connectivity index (χ1) is 8.52. The Bertz CT molecular complexity index is 289. The van der Waals surface area contributed by atoms with E-state index in [0.29, 0.717) is 18.9 Å². The topological polar surface area (TPSA) is 66.4 Å². The maximum atomic E-state index is 11.9. The van der Waals surface area contributed by atoms with Crippen LogP contribution in [0.3, 0.4) is 0 Å². The third-order valence-electron chi connectivity index (χ3n) is 3.68. The van der Waals surface area contributed by atoms with Gasteiger partial charge in [-0.1, -0.05) is 33.1 Å². The van der Waals surface area contributed by atoms with E-state index < -0.39 is 11.9 Å². The molecule has 0 spiro atoms. The number of carboxylic acids is 1. The first-order valence-electron chi connectivity index (χ1n) is 7.03. The Hall–Kier alpha value is -1.06. The van der Waals surface area contributed by atoms with Gasteiger partial charge in [0.05, 0.1) is 11.8 Å². The quantitative estimate of drug-likeness (QED) is 0.687. The van der Waals surface area contributed by atoms with E-state index in [0.717, 1.165) is 25.7 Å². The molecule has 4 nitrogen and oxygen atoms in total. The monoisotopic (exact) mass is 255 g/mol. The van der Waals surface area contributed by atoms with Crippen LogP contribution in [-0.2, 0) is 9.59 Å². The van der Waals surface area contributed by atoms with Crippen LogP contribution in [0.2, 0.25) is 0 Å². The second kappa shape index (κ2) is 7.39. The van der Waals surface area contributed by atoms with Gasteiger partial charge in [-0.25, -0.2) is 0 Å². The summed E-state index contributed by atoms with van der Waals surface area (Å²) in [7, 11) is 0. The lowest BCUT2D eigenvalue weighted by Gasteiger charge is -2.15. The van der Waals surface area contributed by atoms with Crippen LogP contribution in [0.5, 0.6) is 0 Å². The number of hydrogen-bond acceptors (Lipinski definition) is 2. The van der Waals surface area contributed by atoms with Crippen molar-refractivity contribution in [2.45, 2.75) is 52.4 Å². The fourth-order valence-electron chi connectivity index (χ4n) is 2.59. The molecule has 18 heavy (non-hydrogen) atoms. The van der Waals surface area contributed by atoms with Crippen LogP contribution in [0, 0.1) is 17.8 Å². The van der Waals surface area contributed by atoms with Crippen molar-refractivity contribution < 1.29 is 14.7 Å². The van der Waals surface area contributed by atoms with Gasteiger partial charge in [0.25, 0.3) is 0 Å². The van der Waals surface area contributed by atoms with Gasteiger partial charge in [0.1, 0.15) is 0 Å². The van der Waals surface area contributed by atoms with E-state index in [-0.39, 0.29) is 11.8 Å². The number of carbonyl (C=O) groups is 2. The molecule has 1 saturated carbocycles. The molecule has 1 fully saturated rings. The number of aliphatic carboxylic acids is 1. The average molecular weight is 255 g/mol. The van der Waals surface area contributed by atoms with E-state index in [9.17, 15) is 9.59 Å². The summed E-state index contributed by atoms with van der Waals surface area (Å²) in [4.78, 5) is 22.9. The molecule has 1 amide bonds. The van der Waals surface area contributed by atoms with Gasteiger partial charge in [-0.2, -0.15) is 0 Å². The van der Waals surface area contributed by atoms with Gasteiger partial charge in [-0.3, -0.25) is 9.59 Å². The third kappa shape index (κ3) is 4.67. The predicted octanol–water partition coefficient (Wildman–Crippen LogP) is 2.43. The third-order valence-corrected chi connectivity index (χ3v) is 3.68. The number of rotatable bonds is 7. The van der Waals surface area contributed by atoms with Crippen molar-refractivity contribution in [3.05, 3.63) is 0 Å². The zero-order chi connectivity index (χ0) is 13.5. The number of carboxylic acid groups (broad SMARTS) is 1. The Labute approximate surface area is 109 Å². The molecule has 104 valence electrons. The van der Waals surface area contributed by atoms with Crippen molar-refractivity contribution in [2.75, 3.05) is 6.54 Å². The van der Waals surface area contributed by atoms with Gasteiger partial charge in [-0.05, 0) is 25.2 Å². The van der Waals surface area contributed by atoms with Gasteiger partial charge in [-0.15, -0.1) is 0 Å². The zero-order valence-corrected chi connectivity index (χ0v) is 11.4. The highest BCUT2D eigenvalue weighted by Gasteiger charge is 2.37. The molecule has 0 bridgehead atoms. The molecule has 2 N–H and O–H groups in total. The molecule has 2 atom stereocenters. The summed E-state index contributed by atoms with van der Waals surface area (Å²) < 4.78 is 0. The molecular formula is C14H25NO3. The minimum absolute atomic E-state index is 0.0653. The lowest BCUT2D eigenvalue weighted by Crippen LogP contribution is -2.35. The van der Waals surface area contributed by atoms with Crippen LogP contribution in [0.15, 0.2) is 0 Å². The van der Waals surface area contributed by atoms with E-state index in [4.69, 9.17) is 5.11 Å². The molecule has 0 aliphatic heterocycles. The van der Waals surface area contributed by atoms with E-state index in [1.54, 1.807) is 0 Å². The summed E-state index contributed by atoms with van der Waals surface area (Å²) in [6.07, 6.45) is 5.48. The highest BCUT2D eigenvalue weighted by Crippen LogP contribution is 2.31. The van der Waals surface area contributed by atoms with Crippen molar-refractivity contribution in [1.29, 1.82) is 0 Å². The highest BCUT2D eigenvalue weighted by molar-refractivity contribution is 5.85. The SMILES string of the molecule is CC(C)CCCCNC(=O)[C@@H]1CCC[C@@H]1C(=O)O. The normalized spacial score (nSPS) is 23.3. The molecule has 0 aromatic heterocycles. The molecule has 4 heteroatoms. The molecule has 0 aromatic carbocycles. The molecule has 1 aliphatic carbocycles. The lowest BCUT2D eigenvalue weighted by molar-refractivity contribution is -0.146. The fraction of sp³-hybridized carbons (Fsp3) is 0.857. The number of amides is 1. The Kier molecular flexibility index (Phi) is 6.16. The van der Waals surface area contributed by atoms with Crippen molar-refractivity contribution in [3.8, 4) is 0 Å². The van der Waals surface area contributed by atoms with Crippen molar-refractivity contribution in [2.24, 2.45) is 17.8 Å². The Morgan fingerprint density at radius 1 is 1.22 bits per heavy atom. The second-order valence-corrected chi connectivity index (χ2v) is 5.66. The van der Waals surface area contributed by atoms with Crippen LogP contribution >= 0.6 is 0 Å². The fourth-order valence-corrected chi connectivity index (χ4v) is 2.59. The summed E-state index contributed by atoms with van der Waals surface area (Å²) >= 11 is 0. The van der Waals surface area contributed by atoms with Crippen LogP contribution in [0.1, 0.15) is 52.4 Å². The van der Waals surface area contributed by atoms with E-state index in [1.165, 1.54) is 6.42 Å². The van der Waals surface area contributed by atoms with Gasteiger partial charge < -0.3 is 10.4 Å². The maximum absolute atomic E-state index is 11.9. The summed E-state index contributed by atoms with van der Waals surface area (Å²) in [5.41, 5.74) is 0. The van der Waals surface area contributed by atoms with E-state index >= 15 is 0 Å². The largest absolute Gasteiger partial charge is 0.481 e. The molecule has 0 radical (unpaired) electrons. The Morgan fingerprint density at radius 3 is 2.50 bits per heavy atom. The number of carbonyl (C=O) groups excluding carboxylic acids is 1. The van der Waals surface area contributed by atoms with Crippen molar-refractivity contribution in [1.82, 2.24) is 5.32 Å². The maximum Gasteiger partial charge on any atom is 0.307 e. The molecule has 0 aromatic rings. The summed E-state index contributed by atoms with van der Waals surface area (Å²) in [5, 5.41) is 11.9.